The number of benzene rings is 1. The first kappa shape index (κ1) is 22.5. The fraction of sp³-hybridized carbons (Fsp3) is 0.588. The molecule has 1 N–H and O–H groups in total. The van der Waals surface area contributed by atoms with Gasteiger partial charge in [-0.2, -0.15) is 0 Å². The molecule has 0 unspecified atom stereocenters. The maximum absolute atomic E-state index is 12.1. The molecule has 0 atom stereocenters. The smallest absolute Gasteiger partial charge is 0.232 e. The minimum absolute atomic E-state index is 0.109. The van der Waals surface area contributed by atoms with Crippen molar-refractivity contribution in [3.05, 3.63) is 23.2 Å². The van der Waals surface area contributed by atoms with Gasteiger partial charge in [0.1, 0.15) is 5.75 Å². The van der Waals surface area contributed by atoms with E-state index in [0.29, 0.717) is 42.6 Å². The van der Waals surface area contributed by atoms with E-state index < -0.39 is 10.0 Å². The Kier molecular flexibility index (Phi) is 9.75. The number of sulfonamides is 1. The van der Waals surface area contributed by atoms with Crippen LogP contribution in [0.1, 0.15) is 26.2 Å². The summed E-state index contributed by atoms with van der Waals surface area (Å²) in [6, 6.07) is 4.77. The summed E-state index contributed by atoms with van der Waals surface area (Å²) in [5.41, 5.74) is 0.440. The molecule has 7 nitrogen and oxygen atoms in total. The SMILES string of the molecule is CCOCCCNC(=O)CCCN(c1ccc(OC)c(Cl)c1)S(C)(=O)=O. The van der Waals surface area contributed by atoms with Gasteiger partial charge < -0.3 is 14.8 Å². The maximum atomic E-state index is 12.1. The average molecular weight is 407 g/mol. The summed E-state index contributed by atoms with van der Waals surface area (Å²) in [6.07, 6.45) is 2.51. The van der Waals surface area contributed by atoms with Gasteiger partial charge in [-0.1, -0.05) is 11.6 Å². The molecule has 1 aromatic carbocycles. The topological polar surface area (TPSA) is 84.9 Å². The van der Waals surface area contributed by atoms with Gasteiger partial charge in [-0.15, -0.1) is 0 Å². The molecule has 0 radical (unpaired) electrons. The number of anilines is 1. The van der Waals surface area contributed by atoms with Gasteiger partial charge in [-0.25, -0.2) is 8.42 Å². The van der Waals surface area contributed by atoms with Crippen molar-refractivity contribution >= 4 is 33.2 Å². The van der Waals surface area contributed by atoms with Crippen LogP contribution in [-0.2, 0) is 19.6 Å². The predicted molar refractivity (Wildman–Crippen MR) is 104 cm³/mol. The predicted octanol–water partition coefficient (Wildman–Crippen LogP) is 2.44. The summed E-state index contributed by atoms with van der Waals surface area (Å²) in [7, 11) is -2.01. The van der Waals surface area contributed by atoms with Gasteiger partial charge in [0, 0.05) is 32.7 Å². The molecule has 1 rings (SSSR count). The lowest BCUT2D eigenvalue weighted by atomic mass is 10.2. The monoisotopic (exact) mass is 406 g/mol. The van der Waals surface area contributed by atoms with Gasteiger partial charge in [0.15, 0.2) is 0 Å². The second-order valence-electron chi connectivity index (χ2n) is 5.66. The fourth-order valence-corrected chi connectivity index (χ4v) is 3.52. The van der Waals surface area contributed by atoms with Crippen molar-refractivity contribution in [2.45, 2.75) is 26.2 Å². The Morgan fingerprint density at radius 3 is 2.62 bits per heavy atom. The van der Waals surface area contributed by atoms with Crippen LogP contribution in [0, 0.1) is 0 Å². The number of carbonyl (C=O) groups excluding carboxylic acids is 1. The molecule has 0 saturated carbocycles. The number of halogens is 1. The van der Waals surface area contributed by atoms with Crippen LogP contribution in [0.25, 0.3) is 0 Å². The molecule has 9 heteroatoms. The van der Waals surface area contributed by atoms with Crippen molar-refractivity contribution < 1.29 is 22.7 Å². The van der Waals surface area contributed by atoms with E-state index in [0.717, 1.165) is 12.7 Å². The molecule has 0 fully saturated rings. The first-order valence-corrected chi connectivity index (χ1v) is 10.7. The molecule has 1 amide bonds. The Bertz CT molecular complexity index is 682. The zero-order valence-electron chi connectivity index (χ0n) is 15.5. The first-order chi connectivity index (χ1) is 12.3. The Morgan fingerprint density at radius 2 is 2.04 bits per heavy atom. The van der Waals surface area contributed by atoms with E-state index in [1.165, 1.54) is 17.5 Å². The summed E-state index contributed by atoms with van der Waals surface area (Å²) in [6.45, 7) is 3.92. The Balaban J connectivity index is 2.57. The molecule has 0 heterocycles. The number of amides is 1. The van der Waals surface area contributed by atoms with Crippen LogP contribution < -0.4 is 14.4 Å². The van der Waals surface area contributed by atoms with Gasteiger partial charge in [-0.3, -0.25) is 9.10 Å². The van der Waals surface area contributed by atoms with Crippen molar-refractivity contribution in [1.29, 1.82) is 0 Å². The van der Waals surface area contributed by atoms with Gasteiger partial charge >= 0.3 is 0 Å². The number of hydrogen-bond acceptors (Lipinski definition) is 5. The van der Waals surface area contributed by atoms with E-state index in [4.69, 9.17) is 21.1 Å². The molecule has 1 aromatic rings. The highest BCUT2D eigenvalue weighted by molar-refractivity contribution is 7.92. The minimum Gasteiger partial charge on any atom is -0.495 e. The number of methoxy groups -OCH3 is 1. The van der Waals surface area contributed by atoms with Crippen LogP contribution in [0.2, 0.25) is 5.02 Å². The van der Waals surface area contributed by atoms with Crippen molar-refractivity contribution in [3.8, 4) is 5.75 Å². The summed E-state index contributed by atoms with van der Waals surface area (Å²) < 4.78 is 35.7. The summed E-state index contributed by atoms with van der Waals surface area (Å²) in [4.78, 5) is 11.8. The number of hydrogen-bond donors (Lipinski definition) is 1. The highest BCUT2D eigenvalue weighted by atomic mass is 35.5. The molecule has 0 aliphatic rings. The van der Waals surface area contributed by atoms with Crippen molar-refractivity contribution in [2.75, 3.05) is 44.0 Å². The molecule has 0 aromatic heterocycles. The third kappa shape index (κ3) is 7.80. The van der Waals surface area contributed by atoms with E-state index in [1.54, 1.807) is 12.1 Å². The van der Waals surface area contributed by atoms with Gasteiger partial charge in [0.05, 0.1) is 24.1 Å². The highest BCUT2D eigenvalue weighted by Gasteiger charge is 2.18. The quantitative estimate of drug-likeness (QED) is 0.539. The first-order valence-electron chi connectivity index (χ1n) is 8.45. The third-order valence-corrected chi connectivity index (χ3v) is 5.07. The van der Waals surface area contributed by atoms with E-state index >= 15 is 0 Å². The molecule has 0 saturated heterocycles. The van der Waals surface area contributed by atoms with Crippen molar-refractivity contribution in [2.24, 2.45) is 0 Å². The van der Waals surface area contributed by atoms with E-state index in [-0.39, 0.29) is 18.9 Å². The number of ether oxygens (including phenoxy) is 2. The van der Waals surface area contributed by atoms with Crippen LogP contribution >= 0.6 is 11.6 Å². The molecule has 26 heavy (non-hydrogen) atoms. The normalized spacial score (nSPS) is 11.2. The van der Waals surface area contributed by atoms with Crippen molar-refractivity contribution in [3.63, 3.8) is 0 Å². The number of nitrogens with one attached hydrogen (secondary N) is 1. The largest absolute Gasteiger partial charge is 0.495 e. The van der Waals surface area contributed by atoms with Crippen LogP contribution in [0.3, 0.4) is 0 Å². The van der Waals surface area contributed by atoms with Gasteiger partial charge in [0.25, 0.3) is 0 Å². The van der Waals surface area contributed by atoms with Gasteiger partial charge in [-0.05, 0) is 38.0 Å². The fourth-order valence-electron chi connectivity index (χ4n) is 2.31. The molecular weight excluding hydrogens is 380 g/mol. The number of rotatable bonds is 12. The highest BCUT2D eigenvalue weighted by Crippen LogP contribution is 2.30. The van der Waals surface area contributed by atoms with E-state index in [9.17, 15) is 13.2 Å². The maximum Gasteiger partial charge on any atom is 0.232 e. The molecule has 0 spiro atoms. The standard InChI is InChI=1S/C17H27ClN2O5S/c1-4-25-12-6-10-19-17(21)7-5-11-20(26(3,22)23)14-8-9-16(24-2)15(18)13-14/h8-9,13H,4-7,10-12H2,1-3H3,(H,19,21). The average Bonchev–Trinajstić information content (AvgIpc) is 2.57. The van der Waals surface area contributed by atoms with Crippen LogP contribution in [-0.4, -0.2) is 54.0 Å². The molecule has 148 valence electrons. The zero-order chi connectivity index (χ0) is 19.6. The minimum atomic E-state index is -3.49. The summed E-state index contributed by atoms with van der Waals surface area (Å²) in [5, 5.41) is 3.12. The molecule has 0 aliphatic carbocycles. The van der Waals surface area contributed by atoms with Gasteiger partial charge in [0.2, 0.25) is 15.9 Å². The number of nitrogens with zero attached hydrogens (tertiary/aromatic N) is 1. The zero-order valence-corrected chi connectivity index (χ0v) is 17.0. The lowest BCUT2D eigenvalue weighted by molar-refractivity contribution is -0.121. The molecule has 0 aliphatic heterocycles. The summed E-state index contributed by atoms with van der Waals surface area (Å²) >= 11 is 6.08. The number of carbonyl (C=O) groups is 1. The Labute approximate surface area is 160 Å². The second-order valence-corrected chi connectivity index (χ2v) is 7.97. The Morgan fingerprint density at radius 1 is 1.31 bits per heavy atom. The lowest BCUT2D eigenvalue weighted by Gasteiger charge is -2.23. The van der Waals surface area contributed by atoms with E-state index in [2.05, 4.69) is 5.32 Å². The Hall–Kier alpha value is -1.51. The van der Waals surface area contributed by atoms with Crippen LogP contribution in [0.5, 0.6) is 5.75 Å². The van der Waals surface area contributed by atoms with E-state index in [1.807, 2.05) is 6.92 Å². The third-order valence-electron chi connectivity index (χ3n) is 3.58. The molecular formula is C17H27ClN2O5S. The van der Waals surface area contributed by atoms with Crippen molar-refractivity contribution in [1.82, 2.24) is 5.32 Å². The second kappa shape index (κ2) is 11.3. The lowest BCUT2D eigenvalue weighted by Crippen LogP contribution is -2.32. The molecule has 0 bridgehead atoms. The van der Waals surface area contributed by atoms with Crippen LogP contribution in [0.15, 0.2) is 18.2 Å². The van der Waals surface area contributed by atoms with Crippen LogP contribution in [0.4, 0.5) is 5.69 Å². The summed E-state index contributed by atoms with van der Waals surface area (Å²) in [5.74, 6) is 0.359.